The molecule has 2 rings (SSSR count). The van der Waals surface area contributed by atoms with E-state index in [0.717, 1.165) is 12.0 Å². The number of nitrogens with two attached hydrogens (primary N) is 1. The third-order valence-electron chi connectivity index (χ3n) is 3.25. The minimum absolute atomic E-state index is 0.371. The third kappa shape index (κ3) is 1.89. The molecule has 0 aromatic rings. The van der Waals surface area contributed by atoms with Gasteiger partial charge < -0.3 is 5.73 Å². The fourth-order valence-electron chi connectivity index (χ4n) is 2.75. The first-order valence-electron chi connectivity index (χ1n) is 5.29. The first kappa shape index (κ1) is 9.85. The van der Waals surface area contributed by atoms with Crippen LogP contribution in [0.25, 0.3) is 0 Å². The van der Waals surface area contributed by atoms with Gasteiger partial charge in [0.2, 0.25) is 0 Å². The summed E-state index contributed by atoms with van der Waals surface area (Å²) in [7, 11) is 0. The SMILES string of the molecule is CC(C)(C)SC1(CN)CC2(CC2)C1. The Morgan fingerprint density at radius 3 is 2.08 bits per heavy atom. The minimum Gasteiger partial charge on any atom is -0.329 e. The van der Waals surface area contributed by atoms with Crippen molar-refractivity contribution in [2.45, 2.75) is 55.9 Å². The lowest BCUT2D eigenvalue weighted by Gasteiger charge is -2.50. The third-order valence-corrected chi connectivity index (χ3v) is 4.75. The Hall–Kier alpha value is 0.310. The van der Waals surface area contributed by atoms with Crippen LogP contribution in [-0.2, 0) is 0 Å². The van der Waals surface area contributed by atoms with Gasteiger partial charge in [-0.15, -0.1) is 11.8 Å². The van der Waals surface area contributed by atoms with Crippen molar-refractivity contribution in [2.75, 3.05) is 6.54 Å². The van der Waals surface area contributed by atoms with E-state index in [0.29, 0.717) is 9.49 Å². The van der Waals surface area contributed by atoms with Crippen LogP contribution >= 0.6 is 11.8 Å². The minimum atomic E-state index is 0.371. The smallest absolute Gasteiger partial charge is 0.0298 e. The van der Waals surface area contributed by atoms with Crippen molar-refractivity contribution in [3.63, 3.8) is 0 Å². The van der Waals surface area contributed by atoms with Gasteiger partial charge >= 0.3 is 0 Å². The van der Waals surface area contributed by atoms with E-state index >= 15 is 0 Å². The maximum atomic E-state index is 5.90. The normalized spacial score (nSPS) is 28.6. The molecule has 0 aliphatic heterocycles. The summed E-state index contributed by atoms with van der Waals surface area (Å²) >= 11 is 2.11. The van der Waals surface area contributed by atoms with Crippen LogP contribution in [0.1, 0.15) is 46.5 Å². The molecule has 2 N–H and O–H groups in total. The second-order valence-electron chi connectivity index (χ2n) is 5.96. The maximum absolute atomic E-state index is 5.90. The second kappa shape index (κ2) is 2.66. The van der Waals surface area contributed by atoms with E-state index in [2.05, 4.69) is 32.5 Å². The van der Waals surface area contributed by atoms with Crippen LogP contribution in [0, 0.1) is 5.41 Å². The molecular formula is C11H21NS. The largest absolute Gasteiger partial charge is 0.329 e. The highest BCUT2D eigenvalue weighted by molar-refractivity contribution is 8.02. The van der Waals surface area contributed by atoms with E-state index < -0.39 is 0 Å². The van der Waals surface area contributed by atoms with E-state index in [4.69, 9.17) is 5.73 Å². The van der Waals surface area contributed by atoms with Crippen molar-refractivity contribution in [3.05, 3.63) is 0 Å². The van der Waals surface area contributed by atoms with Crippen molar-refractivity contribution in [2.24, 2.45) is 11.1 Å². The van der Waals surface area contributed by atoms with Gasteiger partial charge in [0.1, 0.15) is 0 Å². The average Bonchev–Trinajstić information content (AvgIpc) is 2.62. The molecule has 13 heavy (non-hydrogen) atoms. The lowest BCUT2D eigenvalue weighted by Crippen LogP contribution is -2.50. The molecule has 2 fully saturated rings. The molecule has 0 aromatic carbocycles. The van der Waals surface area contributed by atoms with Gasteiger partial charge in [-0.3, -0.25) is 0 Å². The van der Waals surface area contributed by atoms with Gasteiger partial charge in [0.15, 0.2) is 0 Å². The zero-order valence-corrected chi connectivity index (χ0v) is 9.84. The maximum Gasteiger partial charge on any atom is 0.0298 e. The van der Waals surface area contributed by atoms with E-state index in [-0.39, 0.29) is 0 Å². The van der Waals surface area contributed by atoms with Crippen molar-refractivity contribution in [1.29, 1.82) is 0 Å². The molecule has 0 atom stereocenters. The topological polar surface area (TPSA) is 26.0 Å². The molecule has 0 aromatic heterocycles. The summed E-state index contributed by atoms with van der Waals surface area (Å²) in [5.74, 6) is 0. The molecule has 1 spiro atoms. The van der Waals surface area contributed by atoms with Crippen LogP contribution in [0.5, 0.6) is 0 Å². The molecule has 2 aliphatic rings. The summed E-state index contributed by atoms with van der Waals surface area (Å²) in [5.41, 5.74) is 6.68. The summed E-state index contributed by atoms with van der Waals surface area (Å²) in [6.45, 7) is 7.77. The number of hydrogen-bond donors (Lipinski definition) is 1. The number of thioether (sulfide) groups is 1. The highest BCUT2D eigenvalue weighted by Crippen LogP contribution is 2.69. The summed E-state index contributed by atoms with van der Waals surface area (Å²) in [4.78, 5) is 0. The van der Waals surface area contributed by atoms with Gasteiger partial charge in [-0.05, 0) is 31.1 Å². The van der Waals surface area contributed by atoms with E-state index in [1.54, 1.807) is 0 Å². The predicted octanol–water partition coefficient (Wildman–Crippen LogP) is 2.79. The summed E-state index contributed by atoms with van der Waals surface area (Å²) in [6, 6.07) is 0. The Bertz CT molecular complexity index is 205. The van der Waals surface area contributed by atoms with Gasteiger partial charge in [-0.25, -0.2) is 0 Å². The molecule has 0 heterocycles. The van der Waals surface area contributed by atoms with Crippen LogP contribution in [0.3, 0.4) is 0 Å². The van der Waals surface area contributed by atoms with Gasteiger partial charge in [-0.2, -0.15) is 0 Å². The van der Waals surface area contributed by atoms with Crippen molar-refractivity contribution in [1.82, 2.24) is 0 Å². The van der Waals surface area contributed by atoms with E-state index in [1.165, 1.54) is 25.7 Å². The zero-order chi connectivity index (χ0) is 9.74. The summed E-state index contributed by atoms with van der Waals surface area (Å²) in [5, 5.41) is 0. The van der Waals surface area contributed by atoms with Crippen molar-refractivity contribution < 1.29 is 0 Å². The van der Waals surface area contributed by atoms with E-state index in [9.17, 15) is 0 Å². The fraction of sp³-hybridized carbons (Fsp3) is 1.00. The van der Waals surface area contributed by atoms with Gasteiger partial charge in [0.05, 0.1) is 0 Å². The molecule has 0 amide bonds. The van der Waals surface area contributed by atoms with Gasteiger partial charge in [-0.1, -0.05) is 20.8 Å². The van der Waals surface area contributed by atoms with Crippen molar-refractivity contribution >= 4 is 11.8 Å². The average molecular weight is 199 g/mol. The zero-order valence-electron chi connectivity index (χ0n) is 9.02. The molecule has 2 heteroatoms. The number of rotatable bonds is 2. The van der Waals surface area contributed by atoms with Crippen LogP contribution in [0.4, 0.5) is 0 Å². The highest BCUT2D eigenvalue weighted by atomic mass is 32.2. The quantitative estimate of drug-likeness (QED) is 0.740. The fourth-order valence-corrected chi connectivity index (χ4v) is 4.89. The van der Waals surface area contributed by atoms with Crippen LogP contribution < -0.4 is 5.73 Å². The first-order valence-corrected chi connectivity index (χ1v) is 6.11. The molecule has 0 radical (unpaired) electrons. The highest BCUT2D eigenvalue weighted by Gasteiger charge is 2.61. The predicted molar refractivity (Wildman–Crippen MR) is 60.0 cm³/mol. The molecule has 1 nitrogen and oxygen atoms in total. The lowest BCUT2D eigenvalue weighted by molar-refractivity contribution is 0.209. The Labute approximate surface area is 85.8 Å². The van der Waals surface area contributed by atoms with Gasteiger partial charge in [0, 0.05) is 16.0 Å². The molecular weight excluding hydrogens is 178 g/mol. The molecule has 76 valence electrons. The van der Waals surface area contributed by atoms with Crippen LogP contribution in [-0.4, -0.2) is 16.0 Å². The van der Waals surface area contributed by atoms with Gasteiger partial charge in [0.25, 0.3) is 0 Å². The molecule has 0 saturated heterocycles. The number of hydrogen-bond acceptors (Lipinski definition) is 2. The van der Waals surface area contributed by atoms with Crippen LogP contribution in [0.15, 0.2) is 0 Å². The molecule has 0 unspecified atom stereocenters. The van der Waals surface area contributed by atoms with E-state index in [1.807, 2.05) is 0 Å². The standard InChI is InChI=1S/C11H21NS/c1-9(2,3)13-11(8-12)6-10(7-11)4-5-10/h4-8,12H2,1-3H3. The molecule has 2 aliphatic carbocycles. The Morgan fingerprint density at radius 1 is 1.23 bits per heavy atom. The summed E-state index contributed by atoms with van der Waals surface area (Å²) in [6.07, 6.45) is 5.72. The molecule has 0 bridgehead atoms. The van der Waals surface area contributed by atoms with Crippen LogP contribution in [0.2, 0.25) is 0 Å². The van der Waals surface area contributed by atoms with Crippen molar-refractivity contribution in [3.8, 4) is 0 Å². The summed E-state index contributed by atoms with van der Waals surface area (Å²) < 4.78 is 0.810. The second-order valence-corrected chi connectivity index (χ2v) is 8.25. The Morgan fingerprint density at radius 2 is 1.77 bits per heavy atom. The monoisotopic (exact) mass is 199 g/mol. The Balaban J connectivity index is 1.94. The molecule has 2 saturated carbocycles. The Kier molecular flexibility index (Phi) is 2.02. The lowest BCUT2D eigenvalue weighted by atomic mass is 9.71. The first-order chi connectivity index (χ1) is 5.89.